The molecule has 0 radical (unpaired) electrons. The van der Waals surface area contributed by atoms with Crippen LogP contribution in [-0.2, 0) is 57.1 Å². The van der Waals surface area contributed by atoms with E-state index < -0.39 is 125 Å². The molecule has 8 rings (SSSR count). The van der Waals surface area contributed by atoms with Gasteiger partial charge >= 0.3 is 30.0 Å². The number of hydrogen-bond donors (Lipinski definition) is 1. The Morgan fingerprint density at radius 3 is 2.07 bits per heavy atom. The van der Waals surface area contributed by atoms with Gasteiger partial charge in [-0.1, -0.05) is 74.5 Å². The molecule has 2 saturated heterocycles. The van der Waals surface area contributed by atoms with Crippen molar-refractivity contribution in [3.8, 4) is 5.75 Å². The second kappa shape index (κ2) is 20.1. The number of methoxy groups -OCH3 is 1. The van der Waals surface area contributed by atoms with Crippen LogP contribution in [0.4, 0.5) is 4.79 Å². The van der Waals surface area contributed by atoms with Gasteiger partial charge in [0.15, 0.2) is 29.8 Å². The number of ether oxygens (including phenoxy) is 9. The highest BCUT2D eigenvalue weighted by molar-refractivity contribution is 7.98. The van der Waals surface area contributed by atoms with Crippen molar-refractivity contribution in [2.24, 2.45) is 16.7 Å². The van der Waals surface area contributed by atoms with Gasteiger partial charge in [0, 0.05) is 37.7 Å². The lowest BCUT2D eigenvalue weighted by Gasteiger charge is -2.67. The zero-order valence-corrected chi connectivity index (χ0v) is 43.9. The quantitative estimate of drug-likeness (QED) is 0.0800. The summed E-state index contributed by atoms with van der Waals surface area (Å²) in [5.41, 5.74) is -7.04. The first-order valence-electron chi connectivity index (χ1n) is 24.3. The molecule has 3 aromatic carbocycles. The molecule has 392 valence electrons. The lowest BCUT2D eigenvalue weighted by atomic mass is 9.44. The molecule has 3 aliphatic carbocycles. The van der Waals surface area contributed by atoms with E-state index in [1.54, 1.807) is 121 Å². The highest BCUT2D eigenvalue weighted by Gasteiger charge is 2.79. The molecule has 0 spiro atoms. The predicted octanol–water partition coefficient (Wildman–Crippen LogP) is 7.63. The molecule has 3 aromatic rings. The smallest absolute Gasteiger partial charge is 0.413 e. The van der Waals surface area contributed by atoms with Crippen LogP contribution >= 0.6 is 11.8 Å². The van der Waals surface area contributed by atoms with Crippen LogP contribution in [0.1, 0.15) is 109 Å². The van der Waals surface area contributed by atoms with Crippen molar-refractivity contribution < 1.29 is 76.5 Å². The lowest BCUT2D eigenvalue weighted by molar-refractivity contribution is -0.347. The number of carbonyl (C=O) groups excluding carboxylic acids is 6. The summed E-state index contributed by atoms with van der Waals surface area (Å²) in [5, 5.41) is 14.2. The number of fused-ring (bicyclic) bond motifs is 5. The highest BCUT2D eigenvalue weighted by Crippen LogP contribution is 2.65. The van der Waals surface area contributed by atoms with Crippen LogP contribution in [0.15, 0.2) is 96.1 Å². The fourth-order valence-corrected chi connectivity index (χ4v) is 12.2. The van der Waals surface area contributed by atoms with Crippen LogP contribution in [0, 0.1) is 16.7 Å². The van der Waals surface area contributed by atoms with Crippen LogP contribution in [0.2, 0.25) is 0 Å². The highest BCUT2D eigenvalue weighted by atomic mass is 32.2. The Morgan fingerprint density at radius 2 is 1.51 bits per heavy atom. The maximum atomic E-state index is 16.2. The average molecular weight is 1030 g/mol. The van der Waals surface area contributed by atoms with Gasteiger partial charge in [0.1, 0.15) is 41.3 Å². The van der Waals surface area contributed by atoms with Crippen LogP contribution in [0.25, 0.3) is 0 Å². The number of Topliss-reactive ketones (excluding diaryl/α,β-unsaturated/α-hetero) is 1. The van der Waals surface area contributed by atoms with Crippen molar-refractivity contribution in [3.63, 3.8) is 0 Å². The number of aliphatic hydroxyl groups is 1. The monoisotopic (exact) mass is 1030 g/mol. The molecule has 12 atom stereocenters. The maximum absolute atomic E-state index is 16.2. The number of amides is 1. The zero-order valence-electron chi connectivity index (χ0n) is 43.0. The molecule has 1 amide bonds. The maximum Gasteiger partial charge on any atom is 0.413 e. The first-order chi connectivity index (χ1) is 34.4. The first kappa shape index (κ1) is 53.5. The normalized spacial score (nSPS) is 32.4. The summed E-state index contributed by atoms with van der Waals surface area (Å²) in [7, 11) is 1.52. The van der Waals surface area contributed by atoms with Crippen LogP contribution in [-0.4, -0.2) is 125 Å². The fraction of sp³-hybridized carbons (Fsp3) is 0.527. The van der Waals surface area contributed by atoms with Crippen LogP contribution < -0.4 is 4.74 Å². The standard InChI is InChI=1S/C55H65NO16S/c1-30-37(68-49(61)43-41(33-18-14-12-15-19-33)56(50(62)72-51(4,5)6)47(69-43)34-22-24-36(64-10)25-23-34)27-55(63)46(70-48(60)35-20-16-13-17-21-35)44-53(9,45(59)42(67-31(2)57)40(30)52(55,7)8)38(66-29-73-11)26-39-54(44,28-65-39)71-32(3)58/h12-25,37-39,41-44,46-47,63H,26-29H2,1-11H3/t37?,38?,39?,41?,42?,43?,44?,46?,47-,53-,54+,55?/m1/s1. The van der Waals surface area contributed by atoms with E-state index in [-0.39, 0.29) is 35.7 Å². The summed E-state index contributed by atoms with van der Waals surface area (Å²) in [6, 6.07) is 22.5. The Labute approximate surface area is 429 Å². The Morgan fingerprint density at radius 1 is 0.863 bits per heavy atom. The van der Waals surface area contributed by atoms with Crippen LogP contribution in [0.5, 0.6) is 5.75 Å². The lowest BCUT2D eigenvalue weighted by Crippen LogP contribution is -2.82. The summed E-state index contributed by atoms with van der Waals surface area (Å²) < 4.78 is 56.3. The van der Waals surface area contributed by atoms with Gasteiger partial charge in [0.05, 0.1) is 42.7 Å². The summed E-state index contributed by atoms with van der Waals surface area (Å²) in [6.45, 7) is 13.8. The summed E-state index contributed by atoms with van der Waals surface area (Å²) in [6.07, 6.45) is -8.99. The Hall–Kier alpha value is -5.79. The largest absolute Gasteiger partial charge is 0.497 e. The van der Waals surface area contributed by atoms with Gasteiger partial charge in [0.25, 0.3) is 0 Å². The van der Waals surface area contributed by atoms with Gasteiger partial charge in [-0.3, -0.25) is 19.3 Å². The summed E-state index contributed by atoms with van der Waals surface area (Å²) >= 11 is 1.35. The van der Waals surface area contributed by atoms with Crippen molar-refractivity contribution >= 4 is 47.5 Å². The van der Waals surface area contributed by atoms with E-state index in [2.05, 4.69) is 0 Å². The van der Waals surface area contributed by atoms with Crippen molar-refractivity contribution in [2.75, 3.05) is 25.9 Å². The van der Waals surface area contributed by atoms with E-state index in [0.29, 0.717) is 16.9 Å². The molecule has 17 nitrogen and oxygen atoms in total. The number of esters is 4. The van der Waals surface area contributed by atoms with E-state index in [1.165, 1.54) is 42.8 Å². The van der Waals surface area contributed by atoms with Gasteiger partial charge < -0.3 is 47.7 Å². The Kier molecular flexibility index (Phi) is 14.8. The van der Waals surface area contributed by atoms with Crippen molar-refractivity contribution in [1.29, 1.82) is 0 Å². The second-order valence-electron chi connectivity index (χ2n) is 21.2. The molecule has 2 bridgehead atoms. The molecular weight excluding hydrogens is 963 g/mol. The number of rotatable bonds is 12. The molecule has 1 N–H and O–H groups in total. The third-order valence-electron chi connectivity index (χ3n) is 15.3. The third-order valence-corrected chi connectivity index (χ3v) is 15.7. The van der Waals surface area contributed by atoms with E-state index in [4.69, 9.17) is 42.6 Å². The number of thioether (sulfide) groups is 1. The minimum Gasteiger partial charge on any atom is -0.497 e. The molecule has 18 heteroatoms. The third kappa shape index (κ3) is 9.42. The minimum absolute atomic E-state index is 0.0423. The van der Waals surface area contributed by atoms with Crippen molar-refractivity contribution in [2.45, 2.75) is 141 Å². The van der Waals surface area contributed by atoms with E-state index >= 15 is 9.59 Å². The Bertz CT molecular complexity index is 2640. The number of nitrogens with zero attached hydrogens (tertiary/aromatic N) is 1. The SMILES string of the molecule is COc1ccc([C@H]2OC(C(=O)OC3CC4(O)C(OC(=O)c5ccccc5)C5[C@]6(OC(C)=O)COC6CC(OCSC)[C@@]5(C)C(=O)C(OC(C)=O)C(=C3C)C4(C)C)C(c3ccccc3)N2C(=O)OC(C)(C)C)cc1. The number of hydrogen-bond acceptors (Lipinski definition) is 17. The number of ketones is 1. The fourth-order valence-electron chi connectivity index (χ4n) is 11.9. The van der Waals surface area contributed by atoms with Crippen molar-refractivity contribution in [3.05, 3.63) is 113 Å². The van der Waals surface area contributed by atoms with E-state index in [1.807, 2.05) is 6.26 Å². The molecule has 9 unspecified atom stereocenters. The second-order valence-corrected chi connectivity index (χ2v) is 22.0. The molecule has 2 aliphatic heterocycles. The van der Waals surface area contributed by atoms with Gasteiger partial charge in [0.2, 0.25) is 0 Å². The van der Waals surface area contributed by atoms with Crippen molar-refractivity contribution in [1.82, 2.24) is 4.90 Å². The van der Waals surface area contributed by atoms with Gasteiger partial charge in [-0.25, -0.2) is 14.4 Å². The summed E-state index contributed by atoms with van der Waals surface area (Å²) in [4.78, 5) is 88.8. The molecule has 73 heavy (non-hydrogen) atoms. The van der Waals surface area contributed by atoms with Gasteiger partial charge in [-0.2, -0.15) is 0 Å². The van der Waals surface area contributed by atoms with E-state index in [0.717, 1.165) is 6.92 Å². The first-order valence-corrected chi connectivity index (χ1v) is 25.7. The van der Waals surface area contributed by atoms with E-state index in [9.17, 15) is 24.3 Å². The molecule has 5 aliphatic rings. The minimum atomic E-state index is -2.35. The van der Waals surface area contributed by atoms with Gasteiger partial charge in [-0.05, 0) is 81.8 Å². The average Bonchev–Trinajstić information content (AvgIpc) is 3.74. The molecule has 4 fully saturated rings. The molecule has 2 heterocycles. The number of carbonyl (C=O) groups is 6. The number of benzene rings is 3. The van der Waals surface area contributed by atoms with Gasteiger partial charge in [-0.15, -0.1) is 11.8 Å². The molecule has 2 saturated carbocycles. The topological polar surface area (TPSA) is 209 Å². The Balaban J connectivity index is 1.32. The summed E-state index contributed by atoms with van der Waals surface area (Å²) in [5.74, 6) is -4.88. The molecular formula is C55H65NO16S. The molecule has 0 aromatic heterocycles. The van der Waals surface area contributed by atoms with Crippen LogP contribution in [0.3, 0.4) is 0 Å². The predicted molar refractivity (Wildman–Crippen MR) is 264 cm³/mol. The zero-order chi connectivity index (χ0) is 53.0.